The minimum Gasteiger partial charge on any atom is -0.493 e. The zero-order valence-electron chi connectivity index (χ0n) is 18.1. The van der Waals surface area contributed by atoms with Crippen molar-refractivity contribution in [3.05, 3.63) is 95.3 Å². The van der Waals surface area contributed by atoms with Crippen molar-refractivity contribution in [3.8, 4) is 11.5 Å². The Kier molecular flexibility index (Phi) is 6.35. The Morgan fingerprint density at radius 3 is 2.36 bits per heavy atom. The Morgan fingerprint density at radius 1 is 1.00 bits per heavy atom. The van der Waals surface area contributed by atoms with Crippen LogP contribution in [-0.4, -0.2) is 43.0 Å². The number of nitrogens with zero attached hydrogens (tertiary/aromatic N) is 1. The van der Waals surface area contributed by atoms with E-state index in [-0.39, 0.29) is 11.5 Å². The van der Waals surface area contributed by atoms with Crippen LogP contribution in [0.1, 0.15) is 27.5 Å². The van der Waals surface area contributed by atoms with Crippen LogP contribution in [-0.2, 0) is 4.79 Å². The molecule has 1 fully saturated rings. The molecule has 0 saturated carbocycles. The van der Waals surface area contributed by atoms with Gasteiger partial charge < -0.3 is 14.8 Å². The average molecular weight is 448 g/mol. The van der Waals surface area contributed by atoms with Gasteiger partial charge in [-0.15, -0.1) is 10.1 Å². The number of amides is 2. The molecular formula is C25H23FN3O4+. The van der Waals surface area contributed by atoms with Gasteiger partial charge in [0.25, 0.3) is 5.91 Å². The Labute approximate surface area is 190 Å². The normalized spacial score (nSPS) is 18.6. The lowest BCUT2D eigenvalue weighted by Crippen LogP contribution is -2.42. The van der Waals surface area contributed by atoms with Crippen molar-refractivity contribution in [2.24, 2.45) is 0 Å². The molecule has 1 saturated heterocycles. The quantitative estimate of drug-likeness (QED) is 0.569. The molecule has 3 aromatic rings. The third-order valence-electron chi connectivity index (χ3n) is 5.37. The van der Waals surface area contributed by atoms with E-state index in [1.807, 2.05) is 36.4 Å². The largest absolute Gasteiger partial charge is 0.493 e. The lowest BCUT2D eigenvalue weighted by molar-refractivity contribution is -0.596. The number of carbonyl (C=O) groups excluding carboxylic acids is 2. The van der Waals surface area contributed by atoms with Gasteiger partial charge in [0.2, 0.25) is 12.3 Å². The molecule has 8 heteroatoms. The topological polar surface area (TPSA) is 79.7 Å². The predicted octanol–water partition coefficient (Wildman–Crippen LogP) is 2.86. The molecule has 0 aromatic heterocycles. The molecular weight excluding hydrogens is 425 g/mol. The highest BCUT2D eigenvalue weighted by atomic mass is 19.1. The number of rotatable bonds is 6. The van der Waals surface area contributed by atoms with Crippen LogP contribution in [0.5, 0.6) is 11.5 Å². The molecule has 0 radical (unpaired) electrons. The second-order valence-corrected chi connectivity index (χ2v) is 7.44. The van der Waals surface area contributed by atoms with E-state index in [0.717, 1.165) is 11.1 Å². The first-order valence-electron chi connectivity index (χ1n) is 10.3. The molecule has 168 valence electrons. The zero-order valence-corrected chi connectivity index (χ0v) is 18.1. The minimum absolute atomic E-state index is 0.262. The molecule has 0 bridgehead atoms. The van der Waals surface area contributed by atoms with Gasteiger partial charge in [-0.05, 0) is 42.5 Å². The molecule has 1 heterocycles. The minimum atomic E-state index is -0.874. The number of carbonyl (C=O) groups is 2. The van der Waals surface area contributed by atoms with Crippen molar-refractivity contribution in [1.29, 1.82) is 0 Å². The smallest absolute Gasteiger partial charge is 0.304 e. The van der Waals surface area contributed by atoms with E-state index in [2.05, 4.69) is 10.7 Å². The van der Waals surface area contributed by atoms with Gasteiger partial charge in [-0.2, -0.15) is 0 Å². The maximum atomic E-state index is 13.2. The number of benzene rings is 3. The van der Waals surface area contributed by atoms with Crippen LogP contribution in [0.3, 0.4) is 0 Å². The van der Waals surface area contributed by atoms with E-state index in [0.29, 0.717) is 11.5 Å². The summed E-state index contributed by atoms with van der Waals surface area (Å²) in [6, 6.07) is 18.5. The summed E-state index contributed by atoms with van der Waals surface area (Å²) < 4.78 is 25.6. The van der Waals surface area contributed by atoms with Crippen molar-refractivity contribution < 1.29 is 28.1 Å². The van der Waals surface area contributed by atoms with Crippen LogP contribution in [0.4, 0.5) is 4.39 Å². The standard InChI is InChI=1S/C25H22FN3O4/c1-32-20-13-8-16(14-21(20)33-2)15-29-23(17-6-4-3-5-7-17)22(25(31)28-29)27-24(30)18-9-11-19(26)12-10-18/h3-15,22-23H,1-2H3,(H-,27,28,30,31)/p+1/b29-15-/t22-,23+/m1/s1. The van der Waals surface area contributed by atoms with E-state index in [4.69, 9.17) is 9.47 Å². The first kappa shape index (κ1) is 22.0. The summed E-state index contributed by atoms with van der Waals surface area (Å²) in [5.41, 5.74) is 4.68. The molecule has 0 unspecified atom stereocenters. The summed E-state index contributed by atoms with van der Waals surface area (Å²) in [6.07, 6.45) is 1.77. The number of halogens is 1. The van der Waals surface area contributed by atoms with Gasteiger partial charge in [0.05, 0.1) is 14.2 Å². The first-order chi connectivity index (χ1) is 16.0. The molecule has 33 heavy (non-hydrogen) atoms. The van der Waals surface area contributed by atoms with E-state index in [9.17, 15) is 14.0 Å². The predicted molar refractivity (Wildman–Crippen MR) is 120 cm³/mol. The van der Waals surface area contributed by atoms with Gasteiger partial charge in [0, 0.05) is 16.7 Å². The number of nitrogens with one attached hydrogen (secondary N) is 2. The third-order valence-corrected chi connectivity index (χ3v) is 5.37. The molecule has 0 spiro atoms. The molecule has 2 N–H and O–H groups in total. The van der Waals surface area contributed by atoms with Gasteiger partial charge in [-0.3, -0.25) is 9.59 Å². The van der Waals surface area contributed by atoms with Crippen LogP contribution < -0.4 is 20.2 Å². The van der Waals surface area contributed by atoms with E-state index >= 15 is 0 Å². The van der Waals surface area contributed by atoms with Gasteiger partial charge in [0.15, 0.2) is 17.5 Å². The molecule has 3 aromatic carbocycles. The molecule has 2 amide bonds. The van der Waals surface area contributed by atoms with Crippen LogP contribution in [0.25, 0.3) is 0 Å². The highest BCUT2D eigenvalue weighted by Crippen LogP contribution is 2.28. The number of hydrogen-bond acceptors (Lipinski definition) is 4. The highest BCUT2D eigenvalue weighted by Gasteiger charge is 2.47. The fourth-order valence-electron chi connectivity index (χ4n) is 3.75. The lowest BCUT2D eigenvalue weighted by atomic mass is 10.00. The summed E-state index contributed by atoms with van der Waals surface area (Å²) >= 11 is 0. The maximum absolute atomic E-state index is 13.2. The second-order valence-electron chi connectivity index (χ2n) is 7.44. The number of methoxy groups -OCH3 is 2. The van der Waals surface area contributed by atoms with Crippen LogP contribution in [0.15, 0.2) is 72.8 Å². The molecule has 1 aliphatic rings. The highest BCUT2D eigenvalue weighted by molar-refractivity contribution is 5.98. The Bertz CT molecular complexity index is 1200. The summed E-state index contributed by atoms with van der Waals surface area (Å²) in [5, 5.41) is 2.79. The van der Waals surface area contributed by atoms with E-state index in [1.54, 1.807) is 37.3 Å². The van der Waals surface area contributed by atoms with Crippen LogP contribution >= 0.6 is 0 Å². The number of ether oxygens (including phenoxy) is 2. The Hall–Kier alpha value is -4.20. The van der Waals surface area contributed by atoms with Gasteiger partial charge >= 0.3 is 5.91 Å². The third kappa shape index (κ3) is 4.69. The molecule has 1 aliphatic heterocycles. The fraction of sp³-hybridized carbons (Fsp3) is 0.160. The van der Waals surface area contributed by atoms with Crippen LogP contribution in [0.2, 0.25) is 0 Å². The van der Waals surface area contributed by atoms with Crippen molar-refractivity contribution in [2.75, 3.05) is 14.2 Å². The van der Waals surface area contributed by atoms with E-state index < -0.39 is 23.8 Å². The molecule has 2 atom stereocenters. The monoisotopic (exact) mass is 448 g/mol. The zero-order chi connectivity index (χ0) is 23.4. The Morgan fingerprint density at radius 2 is 1.70 bits per heavy atom. The maximum Gasteiger partial charge on any atom is 0.304 e. The van der Waals surface area contributed by atoms with Gasteiger partial charge in [-0.25, -0.2) is 4.39 Å². The number of hydrazine groups is 1. The SMILES string of the molecule is COc1ccc(/C=[N+]2\NC(=O)[C@H](NC(=O)c3ccc(F)cc3)[C@@H]2c2ccccc2)cc1OC. The van der Waals surface area contributed by atoms with Gasteiger partial charge in [-0.1, -0.05) is 30.3 Å². The summed E-state index contributed by atoms with van der Waals surface area (Å²) in [5.74, 6) is -0.138. The van der Waals surface area contributed by atoms with Crippen molar-refractivity contribution >= 4 is 18.0 Å². The van der Waals surface area contributed by atoms with Crippen molar-refractivity contribution in [3.63, 3.8) is 0 Å². The lowest BCUT2D eigenvalue weighted by Gasteiger charge is -2.14. The first-order valence-corrected chi connectivity index (χ1v) is 10.3. The second kappa shape index (κ2) is 9.52. The van der Waals surface area contributed by atoms with Crippen LogP contribution in [0, 0.1) is 5.82 Å². The van der Waals surface area contributed by atoms with Crippen molar-refractivity contribution in [1.82, 2.24) is 10.7 Å². The molecule has 4 rings (SSSR count). The molecule has 0 aliphatic carbocycles. The fourth-order valence-corrected chi connectivity index (χ4v) is 3.75. The summed E-state index contributed by atoms with van der Waals surface area (Å²) in [6.45, 7) is 0. The molecule has 7 nitrogen and oxygen atoms in total. The van der Waals surface area contributed by atoms with E-state index in [1.165, 1.54) is 24.3 Å². The average Bonchev–Trinajstić information content (AvgIpc) is 3.14. The number of hydrogen-bond donors (Lipinski definition) is 2. The summed E-state index contributed by atoms with van der Waals surface area (Å²) in [4.78, 5) is 25.7. The van der Waals surface area contributed by atoms with Crippen molar-refractivity contribution in [2.45, 2.75) is 12.1 Å². The summed E-state index contributed by atoms with van der Waals surface area (Å²) in [7, 11) is 3.11. The number of hydrazone groups is 1. The van der Waals surface area contributed by atoms with Gasteiger partial charge in [0.1, 0.15) is 5.82 Å². The Balaban J connectivity index is 1.69.